The molecular formula is C58H106F30. The second-order valence-corrected chi connectivity index (χ2v) is 24.1. The Morgan fingerprint density at radius 2 is 0.568 bits per heavy atom. The van der Waals surface area contributed by atoms with Crippen LogP contribution < -0.4 is 0 Å². The first-order chi connectivity index (χ1) is 38.1. The normalized spacial score (nSPS) is 13.7. The van der Waals surface area contributed by atoms with Gasteiger partial charge in [0.25, 0.3) is 0 Å². The van der Waals surface area contributed by atoms with E-state index in [0.29, 0.717) is 18.3 Å². The average Bonchev–Trinajstić information content (AvgIpc) is 3.28. The first-order valence-corrected chi connectivity index (χ1v) is 28.8. The van der Waals surface area contributed by atoms with E-state index in [1.54, 1.807) is 20.8 Å². The minimum absolute atomic E-state index is 0.104. The minimum Gasteiger partial charge on any atom is -0.171 e. The Balaban J connectivity index is -0.0000000969. The number of alkyl halides is 30. The lowest BCUT2D eigenvalue weighted by Gasteiger charge is -2.29. The molecule has 88 heavy (non-hydrogen) atoms. The van der Waals surface area contributed by atoms with E-state index < -0.39 is 122 Å². The quantitative estimate of drug-likeness (QED) is 0.120. The number of hydrogen-bond acceptors (Lipinski definition) is 0. The molecule has 2 atom stereocenters. The molecule has 0 aromatic rings. The summed E-state index contributed by atoms with van der Waals surface area (Å²) in [6.45, 7) is 38.3. The van der Waals surface area contributed by atoms with Crippen LogP contribution >= 0.6 is 0 Å². The van der Waals surface area contributed by atoms with E-state index in [4.69, 9.17) is 0 Å². The van der Waals surface area contributed by atoms with Crippen LogP contribution in [0.5, 0.6) is 0 Å². The zero-order chi connectivity index (χ0) is 74.1. The summed E-state index contributed by atoms with van der Waals surface area (Å²) in [6, 6.07) is 0. The van der Waals surface area contributed by atoms with Crippen molar-refractivity contribution >= 4 is 0 Å². The van der Waals surface area contributed by atoms with Crippen LogP contribution in [0.15, 0.2) is 0 Å². The molecule has 0 unspecified atom stereocenters. The molecule has 0 saturated carbocycles. The fraction of sp³-hybridized carbons (Fsp3) is 1.00. The molecule has 0 aromatic carbocycles. The highest BCUT2D eigenvalue weighted by Crippen LogP contribution is 2.49. The van der Waals surface area contributed by atoms with Gasteiger partial charge in [0.2, 0.25) is 0 Å². The van der Waals surface area contributed by atoms with Crippen LogP contribution in [-0.4, -0.2) is 61.8 Å². The van der Waals surface area contributed by atoms with Crippen molar-refractivity contribution in [3.8, 4) is 0 Å². The van der Waals surface area contributed by atoms with Crippen molar-refractivity contribution in [1.82, 2.24) is 0 Å². The Hall–Kier alpha value is -2.10. The Labute approximate surface area is 506 Å². The predicted octanol–water partition coefficient (Wildman–Crippen LogP) is 29.1. The Kier molecular flexibility index (Phi) is 58.3. The van der Waals surface area contributed by atoms with Crippen LogP contribution in [0.1, 0.15) is 256 Å². The van der Waals surface area contributed by atoms with Crippen molar-refractivity contribution in [2.45, 2.75) is 317 Å². The molecule has 0 saturated heterocycles. The molecule has 0 aliphatic rings. The average molecular weight is 1370 g/mol. The smallest absolute Gasteiger partial charge is 0.171 e. The van der Waals surface area contributed by atoms with E-state index >= 15 is 0 Å². The van der Waals surface area contributed by atoms with Gasteiger partial charge in [-0.2, -0.15) is 132 Å². The van der Waals surface area contributed by atoms with E-state index in [1.165, 1.54) is 33.1 Å². The highest BCUT2D eigenvalue weighted by atomic mass is 19.5. The van der Waals surface area contributed by atoms with E-state index in [2.05, 4.69) is 76.2 Å². The van der Waals surface area contributed by atoms with Crippen LogP contribution in [0.3, 0.4) is 0 Å². The lowest BCUT2D eigenvalue weighted by molar-refractivity contribution is -0.327. The molecule has 30 heteroatoms. The lowest BCUT2D eigenvalue weighted by Crippen LogP contribution is -2.44. The summed E-state index contributed by atoms with van der Waals surface area (Å²) in [7, 11) is 0. The maximum atomic E-state index is 11.7. The molecule has 0 aliphatic heterocycles. The molecule has 0 spiro atoms. The third-order valence-electron chi connectivity index (χ3n) is 12.6. The van der Waals surface area contributed by atoms with Gasteiger partial charge in [-0.3, -0.25) is 0 Å². The van der Waals surface area contributed by atoms with Crippen molar-refractivity contribution in [1.29, 1.82) is 0 Å². The number of halogens is 30. The predicted molar refractivity (Wildman–Crippen MR) is 292 cm³/mol. The van der Waals surface area contributed by atoms with Gasteiger partial charge in [0, 0.05) is 12.8 Å². The van der Waals surface area contributed by atoms with Gasteiger partial charge in [-0.1, -0.05) is 190 Å². The molecule has 0 heterocycles. The van der Waals surface area contributed by atoms with E-state index in [9.17, 15) is 132 Å². The van der Waals surface area contributed by atoms with Gasteiger partial charge < -0.3 is 0 Å². The Bertz CT molecular complexity index is 1460. The standard InChI is InChI=1S/2C6H8F6.3C6H11F3.3C6H14.C5H6F6.C5H9F3/c1-4(6(10,11)12)2-3-5(7,8)9;1-2-3-4(5(7,8)9)6(10,11)12;1-3-4-5(2)6(7,8)9;1-3-5(4-2)6(7,8)9;1-2-3-4-5-6(7,8)9;1-5-6(2,3)4;1-5(2)6(3)4;1-4-6(3)5-2;1-3(2,4(6,7)8)5(9,10)11;1-4(2,3)5(6,7)8/h2*4H,2-3H2,1H3;2*5H,3-4H2,1-2H3;2-5H2,1H3;5H2,1-4H3;5-6H,1-4H3;6H,4-5H2,1-3H3;1-2H3;1-3H3/t4-;;5-;;;;;;;/m0.0......./s1. The lowest BCUT2D eigenvalue weighted by atomic mass is 9.92. The van der Waals surface area contributed by atoms with Crippen LogP contribution in [0.2, 0.25) is 0 Å². The minimum atomic E-state index is -5.24. The molecule has 0 aromatic heterocycles. The van der Waals surface area contributed by atoms with E-state index in [1.807, 2.05) is 6.92 Å². The van der Waals surface area contributed by atoms with Gasteiger partial charge in [0.05, 0.1) is 23.2 Å². The molecule has 0 bridgehead atoms. The molecule has 0 radical (unpaired) electrons. The molecule has 0 rings (SSSR count). The molecule has 0 amide bonds. The van der Waals surface area contributed by atoms with Crippen LogP contribution in [0.25, 0.3) is 0 Å². The van der Waals surface area contributed by atoms with Crippen molar-refractivity contribution in [3.05, 3.63) is 0 Å². The molecule has 548 valence electrons. The fourth-order valence-corrected chi connectivity index (χ4v) is 3.72. The zero-order valence-electron chi connectivity index (χ0n) is 55.5. The third-order valence-corrected chi connectivity index (χ3v) is 12.6. The van der Waals surface area contributed by atoms with Crippen molar-refractivity contribution in [2.75, 3.05) is 0 Å². The maximum Gasteiger partial charge on any atom is 0.402 e. The Morgan fingerprint density at radius 1 is 0.295 bits per heavy atom. The molecular weight excluding hydrogens is 1270 g/mol. The highest BCUT2D eigenvalue weighted by molar-refractivity contribution is 4.84. The number of rotatable bonds is 14. The largest absolute Gasteiger partial charge is 0.402 e. The molecule has 0 N–H and O–H groups in total. The number of unbranched alkanes of at least 4 members (excludes halogenated alkanes) is 2. The molecule has 0 nitrogen and oxygen atoms in total. The zero-order valence-corrected chi connectivity index (χ0v) is 55.5. The summed E-state index contributed by atoms with van der Waals surface area (Å²) in [5.74, 6) is -4.66. The summed E-state index contributed by atoms with van der Waals surface area (Å²) in [6.07, 6.45) is -42.8. The second-order valence-electron chi connectivity index (χ2n) is 24.1. The molecule has 0 fully saturated rings. The summed E-state index contributed by atoms with van der Waals surface area (Å²) in [4.78, 5) is 0. The fourth-order valence-electron chi connectivity index (χ4n) is 3.72. The van der Waals surface area contributed by atoms with Crippen LogP contribution in [0, 0.1) is 57.7 Å². The molecule has 0 aliphatic carbocycles. The van der Waals surface area contributed by atoms with Gasteiger partial charge in [0.1, 0.15) is 0 Å². The second kappa shape index (κ2) is 47.7. The Morgan fingerprint density at radius 3 is 0.659 bits per heavy atom. The van der Waals surface area contributed by atoms with Crippen molar-refractivity contribution in [3.63, 3.8) is 0 Å². The summed E-state index contributed by atoms with van der Waals surface area (Å²) in [5, 5.41) is 0. The first kappa shape index (κ1) is 107. The highest BCUT2D eigenvalue weighted by Gasteiger charge is 2.64. The van der Waals surface area contributed by atoms with Crippen molar-refractivity contribution < 1.29 is 132 Å². The third kappa shape index (κ3) is 74.6. The number of hydrogen-bond donors (Lipinski definition) is 0. The maximum absolute atomic E-state index is 11.7. The summed E-state index contributed by atoms with van der Waals surface area (Å²) in [5.41, 5.74) is -4.65. The van der Waals surface area contributed by atoms with Gasteiger partial charge >= 0.3 is 61.8 Å². The van der Waals surface area contributed by atoms with E-state index in [-0.39, 0.29) is 46.0 Å². The van der Waals surface area contributed by atoms with Crippen LogP contribution in [-0.2, 0) is 0 Å². The van der Waals surface area contributed by atoms with Gasteiger partial charge in [0.15, 0.2) is 11.3 Å². The summed E-state index contributed by atoms with van der Waals surface area (Å²) >= 11 is 0. The van der Waals surface area contributed by atoms with Crippen LogP contribution in [0.4, 0.5) is 132 Å². The van der Waals surface area contributed by atoms with Gasteiger partial charge in [-0.05, 0) is 75.5 Å². The van der Waals surface area contributed by atoms with Gasteiger partial charge in [-0.25, -0.2) is 0 Å². The summed E-state index contributed by atoms with van der Waals surface area (Å²) < 4.78 is 348. The first-order valence-electron chi connectivity index (χ1n) is 28.8. The monoisotopic (exact) mass is 1370 g/mol. The SMILES string of the molecule is CC(C)(C(F)(F)F)C(F)(F)F.CC(C)(C)C(F)(F)F.CC(C)C(C)C.CCC(C)(C)C.CCC(C)CC.CCC(CC)C(F)(F)F.CCCC(C(F)(F)F)C(F)(F)F.CCCCCC(F)(F)F.CCC[C@H](C)C(F)(F)F.C[C@@H](CCC(F)(F)F)C(F)(F)F. The topological polar surface area (TPSA) is 0 Å². The van der Waals surface area contributed by atoms with E-state index in [0.717, 1.165) is 51.9 Å². The van der Waals surface area contributed by atoms with Crippen molar-refractivity contribution in [2.24, 2.45) is 57.7 Å². The van der Waals surface area contributed by atoms with Gasteiger partial charge in [-0.15, -0.1) is 0 Å².